The number of hydrazine groups is 3. The fourth-order valence-electron chi connectivity index (χ4n) is 4.34. The van der Waals surface area contributed by atoms with Crippen LogP contribution in [0.2, 0.25) is 0 Å². The van der Waals surface area contributed by atoms with Gasteiger partial charge in [-0.25, -0.2) is 29.6 Å². The first-order chi connectivity index (χ1) is 15.9. The molecule has 1 aliphatic rings. The number of halogens is 2. The summed E-state index contributed by atoms with van der Waals surface area (Å²) >= 11 is 0. The number of nitrogens with zero attached hydrogens (tertiary/aromatic N) is 3. The van der Waals surface area contributed by atoms with E-state index in [4.69, 9.17) is 0 Å². The Bertz CT molecular complexity index is 1290. The van der Waals surface area contributed by atoms with E-state index in [-0.39, 0.29) is 23.1 Å². The van der Waals surface area contributed by atoms with E-state index < -0.39 is 17.2 Å². The molecule has 3 heterocycles. The molecule has 0 saturated carbocycles. The minimum absolute atomic E-state index is 0.0860. The van der Waals surface area contributed by atoms with Crippen LogP contribution in [0, 0.1) is 18.6 Å². The van der Waals surface area contributed by atoms with Crippen LogP contribution in [-0.2, 0) is 12.1 Å². The Balaban J connectivity index is 1.81. The Hall–Kier alpha value is -3.28. The molecule has 33 heavy (non-hydrogen) atoms. The Kier molecular flexibility index (Phi) is 5.39. The van der Waals surface area contributed by atoms with Crippen molar-refractivity contribution in [1.29, 1.82) is 0 Å². The lowest BCUT2D eigenvalue weighted by Crippen LogP contribution is -2.34. The van der Waals surface area contributed by atoms with Crippen molar-refractivity contribution in [2.75, 3.05) is 0 Å². The summed E-state index contributed by atoms with van der Waals surface area (Å²) < 4.78 is 31.8. The van der Waals surface area contributed by atoms with Gasteiger partial charge in [-0.15, -0.1) is 0 Å². The molecule has 0 bridgehead atoms. The third-order valence-electron chi connectivity index (χ3n) is 5.94. The molecule has 5 N–H and O–H groups in total. The van der Waals surface area contributed by atoms with Crippen LogP contribution in [0.4, 0.5) is 8.78 Å². The summed E-state index contributed by atoms with van der Waals surface area (Å²) in [6.45, 7) is 4.12. The van der Waals surface area contributed by atoms with Crippen molar-refractivity contribution in [2.24, 2.45) is 0 Å². The number of pyridine rings is 1. The molecule has 0 amide bonds. The maximum atomic E-state index is 15.0. The monoisotopic (exact) mass is 451 g/mol. The van der Waals surface area contributed by atoms with Gasteiger partial charge in [-0.1, -0.05) is 36.4 Å². The second-order valence-electron chi connectivity index (χ2n) is 7.83. The number of aromatic nitrogens is 3. The quantitative estimate of drug-likeness (QED) is 0.318. The lowest BCUT2D eigenvalue weighted by atomic mass is 9.84. The highest BCUT2D eigenvalue weighted by Gasteiger charge is 2.43. The summed E-state index contributed by atoms with van der Waals surface area (Å²) in [7, 11) is 0. The smallest absolute Gasteiger partial charge is 0.179 e. The van der Waals surface area contributed by atoms with Gasteiger partial charge in [0.2, 0.25) is 0 Å². The average Bonchev–Trinajstić information content (AvgIpc) is 3.46. The van der Waals surface area contributed by atoms with Crippen molar-refractivity contribution in [1.82, 2.24) is 36.5 Å². The number of fused-ring (bicyclic) bond motifs is 1. The van der Waals surface area contributed by atoms with Crippen molar-refractivity contribution < 1.29 is 13.9 Å². The molecule has 5 rings (SSSR count). The highest BCUT2D eigenvalue weighted by atomic mass is 19.1. The summed E-state index contributed by atoms with van der Waals surface area (Å²) in [4.78, 5) is 9.24. The van der Waals surface area contributed by atoms with Gasteiger partial charge in [-0.2, -0.15) is 11.1 Å². The third-order valence-corrected chi connectivity index (χ3v) is 5.94. The number of benzene rings is 2. The van der Waals surface area contributed by atoms with E-state index in [1.54, 1.807) is 16.7 Å². The molecule has 0 aliphatic carbocycles. The summed E-state index contributed by atoms with van der Waals surface area (Å²) in [6, 6.07) is 13.5. The summed E-state index contributed by atoms with van der Waals surface area (Å²) in [5, 5.41) is 12.1. The summed E-state index contributed by atoms with van der Waals surface area (Å²) in [6.07, 6.45) is -0.262. The van der Waals surface area contributed by atoms with Gasteiger partial charge in [-0.05, 0) is 32.0 Å². The van der Waals surface area contributed by atoms with E-state index in [1.165, 1.54) is 36.4 Å². The van der Waals surface area contributed by atoms with Crippen LogP contribution in [-0.4, -0.2) is 19.6 Å². The molecule has 2 aromatic carbocycles. The van der Waals surface area contributed by atoms with Crippen molar-refractivity contribution in [3.8, 4) is 0 Å². The Labute approximate surface area is 188 Å². The zero-order valence-electron chi connectivity index (χ0n) is 18.0. The SMILES string of the molecule is CCn1c(C(O)(c2ccccc2F)c2ccccc2F)nc2nc(C)c(C3NNNN3)cc21. The van der Waals surface area contributed by atoms with Gasteiger partial charge in [0.25, 0.3) is 0 Å². The zero-order chi connectivity index (χ0) is 23.2. The molecule has 0 atom stereocenters. The molecule has 0 unspecified atom stereocenters. The Morgan fingerprint density at radius 1 is 0.970 bits per heavy atom. The molecule has 0 radical (unpaired) electrons. The van der Waals surface area contributed by atoms with Crippen LogP contribution in [0.1, 0.15) is 41.3 Å². The zero-order valence-corrected chi connectivity index (χ0v) is 18.0. The lowest BCUT2D eigenvalue weighted by molar-refractivity contribution is 0.103. The maximum absolute atomic E-state index is 15.0. The summed E-state index contributed by atoms with van der Waals surface area (Å²) in [5.41, 5.74) is 11.8. The number of hydrogen-bond donors (Lipinski definition) is 5. The fraction of sp³-hybridized carbons (Fsp3) is 0.217. The first-order valence-corrected chi connectivity index (χ1v) is 10.6. The molecule has 1 fully saturated rings. The molecule has 4 aromatic rings. The van der Waals surface area contributed by atoms with Gasteiger partial charge in [0.05, 0.1) is 5.52 Å². The van der Waals surface area contributed by atoms with Crippen LogP contribution in [0.3, 0.4) is 0 Å². The Morgan fingerprint density at radius 2 is 1.55 bits per heavy atom. The molecule has 0 spiro atoms. The lowest BCUT2D eigenvalue weighted by Gasteiger charge is -2.30. The van der Waals surface area contributed by atoms with E-state index in [9.17, 15) is 5.11 Å². The van der Waals surface area contributed by atoms with E-state index in [0.29, 0.717) is 23.4 Å². The normalized spacial score (nSPS) is 14.9. The number of aliphatic hydroxyl groups is 1. The number of rotatable bonds is 5. The highest BCUT2D eigenvalue weighted by Crippen LogP contribution is 2.40. The van der Waals surface area contributed by atoms with E-state index in [2.05, 4.69) is 31.9 Å². The van der Waals surface area contributed by atoms with Gasteiger partial charge in [0.15, 0.2) is 17.1 Å². The Morgan fingerprint density at radius 3 is 2.09 bits per heavy atom. The minimum Gasteiger partial charge on any atom is -0.373 e. The molecule has 170 valence electrons. The first-order valence-electron chi connectivity index (χ1n) is 10.6. The molecule has 10 heteroatoms. The molecular formula is C23H23F2N7O. The predicted molar refractivity (Wildman–Crippen MR) is 118 cm³/mol. The predicted octanol–water partition coefficient (Wildman–Crippen LogP) is 2.44. The van der Waals surface area contributed by atoms with Crippen LogP contribution >= 0.6 is 0 Å². The third kappa shape index (κ3) is 3.39. The topological polar surface area (TPSA) is 99.1 Å². The number of aryl methyl sites for hydroxylation is 2. The van der Waals surface area contributed by atoms with Gasteiger partial charge in [0.1, 0.15) is 17.8 Å². The van der Waals surface area contributed by atoms with E-state index in [0.717, 1.165) is 5.56 Å². The number of nitrogens with one attached hydrogen (secondary N) is 4. The van der Waals surface area contributed by atoms with Crippen molar-refractivity contribution in [3.63, 3.8) is 0 Å². The van der Waals surface area contributed by atoms with Gasteiger partial charge in [-0.3, -0.25) is 0 Å². The van der Waals surface area contributed by atoms with E-state index in [1.807, 2.05) is 19.9 Å². The molecular weight excluding hydrogens is 428 g/mol. The van der Waals surface area contributed by atoms with Gasteiger partial charge >= 0.3 is 0 Å². The van der Waals surface area contributed by atoms with Crippen LogP contribution in [0.15, 0.2) is 54.6 Å². The standard InChI is InChI=1S/C23H23F2N7O/c1-3-32-19-12-14(20-28-30-31-29-20)13(2)26-21(19)27-22(32)23(33,15-8-4-6-10-17(15)24)16-9-5-7-11-18(16)25/h4-12,20,28-31,33H,3H2,1-2H3. The van der Waals surface area contributed by atoms with Gasteiger partial charge in [0, 0.05) is 28.9 Å². The second kappa shape index (κ2) is 8.25. The molecule has 2 aromatic heterocycles. The number of hydrogen-bond acceptors (Lipinski definition) is 7. The molecule has 1 saturated heterocycles. The van der Waals surface area contributed by atoms with Crippen LogP contribution < -0.4 is 21.9 Å². The average molecular weight is 451 g/mol. The van der Waals surface area contributed by atoms with Crippen molar-refractivity contribution in [3.05, 3.63) is 94.4 Å². The van der Waals surface area contributed by atoms with Crippen LogP contribution in [0.5, 0.6) is 0 Å². The maximum Gasteiger partial charge on any atom is 0.179 e. The fourth-order valence-corrected chi connectivity index (χ4v) is 4.34. The largest absolute Gasteiger partial charge is 0.373 e. The number of imidazole rings is 1. The van der Waals surface area contributed by atoms with Crippen molar-refractivity contribution in [2.45, 2.75) is 32.2 Å². The van der Waals surface area contributed by atoms with Crippen LogP contribution in [0.25, 0.3) is 11.2 Å². The summed E-state index contributed by atoms with van der Waals surface area (Å²) in [5.74, 6) is -1.25. The molecule has 8 nitrogen and oxygen atoms in total. The highest BCUT2D eigenvalue weighted by molar-refractivity contribution is 5.74. The molecule has 1 aliphatic heterocycles. The van der Waals surface area contributed by atoms with Gasteiger partial charge < -0.3 is 9.67 Å². The van der Waals surface area contributed by atoms with E-state index >= 15 is 8.78 Å². The first kappa shape index (κ1) is 21.6. The van der Waals surface area contributed by atoms with Crippen molar-refractivity contribution >= 4 is 11.2 Å². The minimum atomic E-state index is -2.19. The second-order valence-corrected chi connectivity index (χ2v) is 7.83.